The predicted octanol–water partition coefficient (Wildman–Crippen LogP) is 2.50. The Kier molecular flexibility index (Phi) is 4.91. The molecule has 1 nitrogen and oxygen atoms in total. The first-order valence-electron chi connectivity index (χ1n) is 3.32. The van der Waals surface area contributed by atoms with Gasteiger partial charge in [-0.25, -0.2) is 5.26 Å². The highest BCUT2D eigenvalue weighted by Crippen LogP contribution is 2.24. The molecule has 9 heavy (non-hydrogen) atoms. The topological polar surface area (TPSA) is 23.8 Å². The van der Waals surface area contributed by atoms with E-state index in [-0.39, 0.29) is 0 Å². The Morgan fingerprint density at radius 3 is 2.00 bits per heavy atom. The first-order chi connectivity index (χ1) is 4.43. The molecule has 0 aliphatic heterocycles. The van der Waals surface area contributed by atoms with Gasteiger partial charge in [-0.15, -0.1) is 6.58 Å². The number of rotatable bonds is 1. The minimum atomic E-state index is 0.861. The molecule has 0 radical (unpaired) electrons. The van der Waals surface area contributed by atoms with Gasteiger partial charge in [0.2, 0.25) is 0 Å². The lowest BCUT2D eigenvalue weighted by atomic mass is 10.1. The van der Waals surface area contributed by atoms with E-state index in [1.165, 1.54) is 25.7 Å². The maximum Gasteiger partial charge on any atom is 0.0462 e. The lowest BCUT2D eigenvalue weighted by Gasteiger charge is -1.94. The van der Waals surface area contributed by atoms with E-state index in [2.05, 4.69) is 19.2 Å². The molecule has 0 bridgehead atoms. The lowest BCUT2D eigenvalue weighted by molar-refractivity contribution is 0.688. The summed E-state index contributed by atoms with van der Waals surface area (Å²) in [5.74, 6) is 0.861. The molecule has 0 aromatic heterocycles. The standard InChI is InChI=1S/C7H12.CHN/c1-2-7-5-3-4-6-7;1-2/h2,7H,1,3-6H2;1H. The third kappa shape index (κ3) is 2.92. The average molecular weight is 123 g/mol. The van der Waals surface area contributed by atoms with Crippen LogP contribution in [0.5, 0.6) is 0 Å². The SMILES string of the molecule is C#N.C=CC1CCCC1. The van der Waals surface area contributed by atoms with Crippen molar-refractivity contribution in [3.8, 4) is 6.57 Å². The summed E-state index contributed by atoms with van der Waals surface area (Å²) in [5.41, 5.74) is 0. The Labute approximate surface area is 57.0 Å². The second kappa shape index (κ2) is 5.37. The van der Waals surface area contributed by atoms with Crippen molar-refractivity contribution in [1.82, 2.24) is 0 Å². The number of allylic oxidation sites excluding steroid dienone is 1. The molecule has 1 aliphatic rings. The van der Waals surface area contributed by atoms with Crippen molar-refractivity contribution < 1.29 is 0 Å². The summed E-state index contributed by atoms with van der Waals surface area (Å²) < 4.78 is 0. The highest BCUT2D eigenvalue weighted by Gasteiger charge is 2.09. The zero-order valence-corrected chi connectivity index (χ0v) is 5.71. The second-order valence-electron chi connectivity index (χ2n) is 2.28. The quantitative estimate of drug-likeness (QED) is 0.491. The molecule has 0 amide bonds. The van der Waals surface area contributed by atoms with Crippen LogP contribution < -0.4 is 0 Å². The Balaban J connectivity index is 0.000000291. The molecule has 1 heteroatoms. The Bertz CT molecular complexity index is 88.0. The fourth-order valence-corrected chi connectivity index (χ4v) is 1.19. The maximum absolute atomic E-state index is 6.50. The summed E-state index contributed by atoms with van der Waals surface area (Å²) >= 11 is 0. The molecular formula is C8H13N. The summed E-state index contributed by atoms with van der Waals surface area (Å²) in [6.07, 6.45) is 7.73. The highest BCUT2D eigenvalue weighted by molar-refractivity contribution is 4.82. The number of hydrogen-bond donors (Lipinski definition) is 0. The van der Waals surface area contributed by atoms with Gasteiger partial charge in [0.15, 0.2) is 0 Å². The second-order valence-corrected chi connectivity index (χ2v) is 2.28. The van der Waals surface area contributed by atoms with Crippen molar-refractivity contribution in [2.45, 2.75) is 25.7 Å². The van der Waals surface area contributed by atoms with Gasteiger partial charge >= 0.3 is 0 Å². The van der Waals surface area contributed by atoms with E-state index in [4.69, 9.17) is 5.26 Å². The summed E-state index contributed by atoms with van der Waals surface area (Å²) in [5, 5.41) is 6.50. The third-order valence-corrected chi connectivity index (χ3v) is 1.73. The van der Waals surface area contributed by atoms with Crippen LogP contribution in [0.15, 0.2) is 12.7 Å². The van der Waals surface area contributed by atoms with Crippen LogP contribution in [0.1, 0.15) is 25.7 Å². The third-order valence-electron chi connectivity index (χ3n) is 1.73. The summed E-state index contributed by atoms with van der Waals surface area (Å²) in [7, 11) is 0. The lowest BCUT2D eigenvalue weighted by Crippen LogP contribution is -1.81. The van der Waals surface area contributed by atoms with Crippen molar-refractivity contribution in [2.24, 2.45) is 5.92 Å². The molecule has 0 aromatic carbocycles. The van der Waals surface area contributed by atoms with Gasteiger partial charge in [0.05, 0.1) is 0 Å². The van der Waals surface area contributed by atoms with E-state index < -0.39 is 0 Å². The average Bonchev–Trinajstić information content (AvgIpc) is 2.43. The van der Waals surface area contributed by atoms with Crippen molar-refractivity contribution in [3.63, 3.8) is 0 Å². The Morgan fingerprint density at radius 2 is 1.78 bits per heavy atom. The van der Waals surface area contributed by atoms with E-state index >= 15 is 0 Å². The van der Waals surface area contributed by atoms with Crippen LogP contribution in [0.25, 0.3) is 0 Å². The van der Waals surface area contributed by atoms with Crippen LogP contribution in [-0.4, -0.2) is 0 Å². The maximum atomic E-state index is 6.50. The number of nitrogens with zero attached hydrogens (tertiary/aromatic N) is 1. The first-order valence-corrected chi connectivity index (χ1v) is 3.32. The molecule has 0 saturated heterocycles. The summed E-state index contributed by atoms with van der Waals surface area (Å²) in [4.78, 5) is 0. The normalized spacial score (nSPS) is 18.0. The molecular weight excluding hydrogens is 110 g/mol. The van der Waals surface area contributed by atoms with Gasteiger partial charge in [-0.2, -0.15) is 0 Å². The van der Waals surface area contributed by atoms with E-state index in [1.807, 2.05) is 0 Å². The molecule has 1 fully saturated rings. The fourth-order valence-electron chi connectivity index (χ4n) is 1.19. The van der Waals surface area contributed by atoms with Crippen LogP contribution in [-0.2, 0) is 0 Å². The van der Waals surface area contributed by atoms with Gasteiger partial charge < -0.3 is 0 Å². The molecule has 0 heterocycles. The van der Waals surface area contributed by atoms with E-state index in [0.29, 0.717) is 0 Å². The molecule has 0 aromatic rings. The minimum Gasteiger partial charge on any atom is -0.202 e. The molecule has 0 spiro atoms. The molecule has 1 saturated carbocycles. The van der Waals surface area contributed by atoms with Crippen molar-refractivity contribution in [1.29, 1.82) is 5.26 Å². The number of nitriles is 1. The van der Waals surface area contributed by atoms with Crippen LogP contribution in [0.3, 0.4) is 0 Å². The van der Waals surface area contributed by atoms with E-state index in [9.17, 15) is 0 Å². The van der Waals surface area contributed by atoms with E-state index in [0.717, 1.165) is 5.92 Å². The van der Waals surface area contributed by atoms with Gasteiger partial charge in [-0.1, -0.05) is 18.9 Å². The summed E-state index contributed by atoms with van der Waals surface area (Å²) in [6, 6.07) is 0. The molecule has 1 rings (SSSR count). The molecule has 1 aliphatic carbocycles. The van der Waals surface area contributed by atoms with E-state index in [1.54, 1.807) is 0 Å². The van der Waals surface area contributed by atoms with Gasteiger partial charge in [0.25, 0.3) is 0 Å². The van der Waals surface area contributed by atoms with Gasteiger partial charge in [-0.05, 0) is 18.8 Å². The van der Waals surface area contributed by atoms with Crippen molar-refractivity contribution in [3.05, 3.63) is 12.7 Å². The highest BCUT2D eigenvalue weighted by atomic mass is 14.2. The largest absolute Gasteiger partial charge is 0.202 e. The van der Waals surface area contributed by atoms with Crippen LogP contribution >= 0.6 is 0 Å². The molecule has 50 valence electrons. The number of hydrogen-bond acceptors (Lipinski definition) is 1. The smallest absolute Gasteiger partial charge is 0.0462 e. The predicted molar refractivity (Wildman–Crippen MR) is 38.8 cm³/mol. The first kappa shape index (κ1) is 8.23. The van der Waals surface area contributed by atoms with Gasteiger partial charge in [-0.3, -0.25) is 0 Å². The van der Waals surface area contributed by atoms with Gasteiger partial charge in [0.1, 0.15) is 0 Å². The van der Waals surface area contributed by atoms with Crippen molar-refractivity contribution >= 4 is 0 Å². The molecule has 0 atom stereocenters. The van der Waals surface area contributed by atoms with Crippen LogP contribution in [0.2, 0.25) is 0 Å². The summed E-state index contributed by atoms with van der Waals surface area (Å²) in [6.45, 7) is 7.24. The molecule has 0 N–H and O–H groups in total. The van der Waals surface area contributed by atoms with Gasteiger partial charge in [0, 0.05) is 6.57 Å². The Morgan fingerprint density at radius 1 is 1.33 bits per heavy atom. The molecule has 0 unspecified atom stereocenters. The zero-order valence-electron chi connectivity index (χ0n) is 5.71. The monoisotopic (exact) mass is 123 g/mol. The Hall–Kier alpha value is -0.770. The van der Waals surface area contributed by atoms with Crippen LogP contribution in [0, 0.1) is 17.8 Å². The fraction of sp³-hybridized carbons (Fsp3) is 0.625. The van der Waals surface area contributed by atoms with Crippen LogP contribution in [0.4, 0.5) is 0 Å². The zero-order chi connectivity index (χ0) is 7.11. The minimum absolute atomic E-state index is 0.861. The van der Waals surface area contributed by atoms with Crippen molar-refractivity contribution in [2.75, 3.05) is 0 Å².